The fourth-order valence-corrected chi connectivity index (χ4v) is 2.80. The minimum Gasteiger partial charge on any atom is -0.496 e. The Morgan fingerprint density at radius 1 is 1.33 bits per heavy atom. The fraction of sp³-hybridized carbons (Fsp3) is 0.579. The van der Waals surface area contributed by atoms with Crippen LogP contribution in [-0.2, 0) is 15.0 Å². The van der Waals surface area contributed by atoms with Crippen molar-refractivity contribution >= 4 is 11.8 Å². The molecule has 0 radical (unpaired) electrons. The monoisotopic (exact) mass is 332 g/mol. The molecule has 1 aliphatic carbocycles. The zero-order valence-electron chi connectivity index (χ0n) is 15.1. The summed E-state index contributed by atoms with van der Waals surface area (Å²) >= 11 is 0. The number of hydrogen-bond donors (Lipinski definition) is 2. The van der Waals surface area contributed by atoms with Gasteiger partial charge in [0.05, 0.1) is 12.5 Å². The Hall–Kier alpha value is -2.04. The van der Waals surface area contributed by atoms with E-state index in [2.05, 4.69) is 10.6 Å². The van der Waals surface area contributed by atoms with Gasteiger partial charge in [0, 0.05) is 19.0 Å². The summed E-state index contributed by atoms with van der Waals surface area (Å²) in [6.45, 7) is 6.35. The van der Waals surface area contributed by atoms with Gasteiger partial charge in [0.15, 0.2) is 0 Å². The minimum absolute atomic E-state index is 0.00439. The van der Waals surface area contributed by atoms with Crippen LogP contribution < -0.4 is 15.4 Å². The predicted molar refractivity (Wildman–Crippen MR) is 94.2 cm³/mol. The Balaban J connectivity index is 1.91. The van der Waals surface area contributed by atoms with Crippen molar-refractivity contribution < 1.29 is 14.3 Å². The fourth-order valence-electron chi connectivity index (χ4n) is 2.80. The van der Waals surface area contributed by atoms with Gasteiger partial charge in [-0.25, -0.2) is 0 Å². The molecule has 0 aliphatic heterocycles. The van der Waals surface area contributed by atoms with E-state index in [1.807, 2.05) is 39.0 Å². The van der Waals surface area contributed by atoms with Crippen LogP contribution in [0.15, 0.2) is 18.2 Å². The Kier molecular flexibility index (Phi) is 5.86. The van der Waals surface area contributed by atoms with E-state index in [-0.39, 0.29) is 17.9 Å². The predicted octanol–water partition coefficient (Wildman–Crippen LogP) is 2.46. The molecule has 2 rings (SSSR count). The van der Waals surface area contributed by atoms with E-state index in [1.165, 1.54) is 0 Å². The number of ether oxygens (including phenoxy) is 1. The molecule has 2 N–H and O–H groups in total. The number of carbonyl (C=O) groups excluding carboxylic acids is 2. The SMILES string of the molecule is CC[C@@H](C)NC(=O)CCNC(=O)C1(c2ccc(C)c(OC)c2)CC1. The number of benzene rings is 1. The van der Waals surface area contributed by atoms with Crippen molar-refractivity contribution in [3.8, 4) is 5.75 Å². The summed E-state index contributed by atoms with van der Waals surface area (Å²) in [5.41, 5.74) is 1.60. The van der Waals surface area contributed by atoms with Crippen molar-refractivity contribution in [2.24, 2.45) is 0 Å². The number of hydrogen-bond acceptors (Lipinski definition) is 3. The summed E-state index contributed by atoms with van der Waals surface area (Å²) in [7, 11) is 1.64. The van der Waals surface area contributed by atoms with Crippen molar-refractivity contribution in [1.82, 2.24) is 10.6 Å². The zero-order chi connectivity index (χ0) is 17.7. The largest absolute Gasteiger partial charge is 0.496 e. The normalized spacial score (nSPS) is 16.2. The highest BCUT2D eigenvalue weighted by Crippen LogP contribution is 2.49. The molecule has 5 heteroatoms. The summed E-state index contributed by atoms with van der Waals surface area (Å²) in [4.78, 5) is 24.4. The number of methoxy groups -OCH3 is 1. The second-order valence-electron chi connectivity index (χ2n) is 6.65. The topological polar surface area (TPSA) is 67.4 Å². The quantitative estimate of drug-likeness (QED) is 0.768. The molecule has 1 saturated carbocycles. The van der Waals surface area contributed by atoms with Crippen LogP contribution in [0, 0.1) is 6.92 Å². The molecule has 1 aromatic rings. The third-order valence-electron chi connectivity index (χ3n) is 4.80. The Morgan fingerprint density at radius 3 is 2.62 bits per heavy atom. The number of carbonyl (C=O) groups is 2. The standard InChI is InChI=1S/C19H28N2O3/c1-5-14(3)21-17(22)8-11-20-18(23)19(9-10-19)15-7-6-13(2)16(12-15)24-4/h6-7,12,14H,5,8-11H2,1-4H3,(H,20,23)(H,21,22)/t14-/m1/s1. The maximum Gasteiger partial charge on any atom is 0.230 e. The number of rotatable bonds is 8. The van der Waals surface area contributed by atoms with Crippen LogP contribution in [0.3, 0.4) is 0 Å². The van der Waals surface area contributed by atoms with Crippen LogP contribution in [-0.4, -0.2) is 31.5 Å². The first-order valence-corrected chi connectivity index (χ1v) is 8.65. The lowest BCUT2D eigenvalue weighted by atomic mass is 9.93. The molecule has 132 valence electrons. The number of amides is 2. The summed E-state index contributed by atoms with van der Waals surface area (Å²) < 4.78 is 5.36. The van der Waals surface area contributed by atoms with Crippen molar-refractivity contribution in [2.75, 3.05) is 13.7 Å². The van der Waals surface area contributed by atoms with E-state index in [1.54, 1.807) is 7.11 Å². The van der Waals surface area contributed by atoms with Crippen molar-refractivity contribution in [3.63, 3.8) is 0 Å². The molecule has 1 aromatic carbocycles. The molecular formula is C19H28N2O3. The molecule has 0 unspecified atom stereocenters. The van der Waals surface area contributed by atoms with Crippen LogP contribution >= 0.6 is 0 Å². The first kappa shape index (κ1) is 18.3. The average molecular weight is 332 g/mol. The maximum atomic E-state index is 12.6. The molecule has 24 heavy (non-hydrogen) atoms. The molecule has 0 spiro atoms. The van der Waals surface area contributed by atoms with Gasteiger partial charge in [-0.3, -0.25) is 9.59 Å². The van der Waals surface area contributed by atoms with E-state index in [0.717, 1.165) is 36.1 Å². The first-order chi connectivity index (χ1) is 11.4. The molecule has 5 nitrogen and oxygen atoms in total. The van der Waals surface area contributed by atoms with Gasteiger partial charge in [-0.2, -0.15) is 0 Å². The lowest BCUT2D eigenvalue weighted by Crippen LogP contribution is -2.38. The summed E-state index contributed by atoms with van der Waals surface area (Å²) in [5.74, 6) is 0.788. The third-order valence-corrected chi connectivity index (χ3v) is 4.80. The molecule has 0 heterocycles. The van der Waals surface area contributed by atoms with Gasteiger partial charge in [-0.15, -0.1) is 0 Å². The van der Waals surface area contributed by atoms with Gasteiger partial charge in [0.2, 0.25) is 11.8 Å². The highest BCUT2D eigenvalue weighted by atomic mass is 16.5. The van der Waals surface area contributed by atoms with E-state index in [9.17, 15) is 9.59 Å². The van der Waals surface area contributed by atoms with E-state index in [0.29, 0.717) is 13.0 Å². The second kappa shape index (κ2) is 7.69. The van der Waals surface area contributed by atoms with E-state index < -0.39 is 5.41 Å². The van der Waals surface area contributed by atoms with Gasteiger partial charge in [0.25, 0.3) is 0 Å². The molecule has 0 bridgehead atoms. The molecule has 1 atom stereocenters. The average Bonchev–Trinajstić information content (AvgIpc) is 3.36. The number of nitrogens with one attached hydrogen (secondary N) is 2. The minimum atomic E-state index is -0.450. The summed E-state index contributed by atoms with van der Waals surface area (Å²) in [5, 5.41) is 5.82. The van der Waals surface area contributed by atoms with E-state index >= 15 is 0 Å². The van der Waals surface area contributed by atoms with Gasteiger partial charge < -0.3 is 15.4 Å². The maximum absolute atomic E-state index is 12.6. The zero-order valence-corrected chi connectivity index (χ0v) is 15.1. The highest BCUT2D eigenvalue weighted by molar-refractivity contribution is 5.91. The van der Waals surface area contributed by atoms with Crippen LogP contribution in [0.4, 0.5) is 0 Å². The third kappa shape index (κ3) is 4.08. The first-order valence-electron chi connectivity index (χ1n) is 8.65. The van der Waals surface area contributed by atoms with Crippen molar-refractivity contribution in [3.05, 3.63) is 29.3 Å². The highest BCUT2D eigenvalue weighted by Gasteiger charge is 2.51. The van der Waals surface area contributed by atoms with E-state index in [4.69, 9.17) is 4.74 Å². The molecule has 1 aliphatic rings. The summed E-state index contributed by atoms with van der Waals surface area (Å²) in [6.07, 6.45) is 2.88. The smallest absolute Gasteiger partial charge is 0.230 e. The Bertz CT molecular complexity index is 609. The lowest BCUT2D eigenvalue weighted by Gasteiger charge is -2.18. The van der Waals surface area contributed by atoms with Crippen LogP contribution in [0.5, 0.6) is 5.75 Å². The van der Waals surface area contributed by atoms with Crippen LogP contribution in [0.25, 0.3) is 0 Å². The molecular weight excluding hydrogens is 304 g/mol. The van der Waals surface area contributed by atoms with Gasteiger partial charge in [0.1, 0.15) is 5.75 Å². The van der Waals surface area contributed by atoms with Crippen LogP contribution in [0.2, 0.25) is 0 Å². The van der Waals surface area contributed by atoms with Gasteiger partial charge in [-0.05, 0) is 50.3 Å². The van der Waals surface area contributed by atoms with Gasteiger partial charge in [-0.1, -0.05) is 19.1 Å². The molecule has 2 amide bonds. The summed E-state index contributed by atoms with van der Waals surface area (Å²) in [6, 6.07) is 6.11. The van der Waals surface area contributed by atoms with Crippen molar-refractivity contribution in [1.29, 1.82) is 0 Å². The van der Waals surface area contributed by atoms with Crippen LogP contribution in [0.1, 0.15) is 50.7 Å². The number of aryl methyl sites for hydroxylation is 1. The Morgan fingerprint density at radius 2 is 2.04 bits per heavy atom. The molecule has 0 saturated heterocycles. The molecule has 1 fully saturated rings. The molecule has 0 aromatic heterocycles. The second-order valence-corrected chi connectivity index (χ2v) is 6.65. The van der Waals surface area contributed by atoms with Crippen molar-refractivity contribution in [2.45, 2.75) is 57.9 Å². The lowest BCUT2D eigenvalue weighted by molar-refractivity contribution is -0.124. The van der Waals surface area contributed by atoms with Gasteiger partial charge >= 0.3 is 0 Å². The Labute approximate surface area is 144 Å².